The Morgan fingerprint density at radius 2 is 1.44 bits per heavy atom. The molecule has 0 aromatic rings. The van der Waals surface area contributed by atoms with Gasteiger partial charge in [0.2, 0.25) is 5.83 Å². The molecule has 0 aromatic carbocycles. The number of rotatable bonds is 1. The first-order chi connectivity index (χ1) is 8.39. The van der Waals surface area contributed by atoms with Gasteiger partial charge in [-0.1, -0.05) is 25.7 Å². The predicted molar refractivity (Wildman–Crippen MR) is 58.1 cm³/mol. The maximum Gasteiger partial charge on any atom is 0.445 e. The molecule has 0 N–H and O–H groups in total. The Balaban J connectivity index is 2.07. The first-order valence-corrected chi connectivity index (χ1v) is 6.52. The molecule has 0 unspecified atom stereocenters. The van der Waals surface area contributed by atoms with Crippen molar-refractivity contribution in [1.29, 1.82) is 0 Å². The number of halogens is 5. The number of fused-ring (bicyclic) bond motifs is 1. The molecule has 2 saturated carbocycles. The van der Waals surface area contributed by atoms with Crippen molar-refractivity contribution in [2.75, 3.05) is 0 Å². The predicted octanol–water partition coefficient (Wildman–Crippen LogP) is 5.31. The Labute approximate surface area is 103 Å². The Bertz CT molecular complexity index is 331. The highest BCUT2D eigenvalue weighted by atomic mass is 19.4. The largest absolute Gasteiger partial charge is 0.445 e. The van der Waals surface area contributed by atoms with E-state index in [2.05, 4.69) is 0 Å². The number of hydrogen-bond donors (Lipinski definition) is 0. The molecule has 2 rings (SSSR count). The van der Waals surface area contributed by atoms with Crippen LogP contribution in [0.5, 0.6) is 0 Å². The second-order valence-electron chi connectivity index (χ2n) is 5.47. The molecule has 0 heterocycles. The fourth-order valence-corrected chi connectivity index (χ4v) is 3.42. The van der Waals surface area contributed by atoms with Crippen molar-refractivity contribution in [2.45, 2.75) is 51.1 Å². The number of allylic oxidation sites excluding steroid dienone is 2. The molecule has 2 aliphatic carbocycles. The number of hydrogen-bond acceptors (Lipinski definition) is 0. The van der Waals surface area contributed by atoms with Crippen LogP contribution in [-0.4, -0.2) is 6.18 Å². The number of alkyl halides is 3. The molecule has 0 saturated heterocycles. The zero-order valence-corrected chi connectivity index (χ0v) is 10.1. The van der Waals surface area contributed by atoms with E-state index in [4.69, 9.17) is 0 Å². The summed E-state index contributed by atoms with van der Waals surface area (Å²) in [5.74, 6) is -4.18. The van der Waals surface area contributed by atoms with Gasteiger partial charge in [0.1, 0.15) is 5.83 Å². The van der Waals surface area contributed by atoms with E-state index in [1.807, 2.05) is 0 Å². The maximum atomic E-state index is 13.5. The van der Waals surface area contributed by atoms with E-state index in [1.165, 1.54) is 0 Å². The van der Waals surface area contributed by atoms with Gasteiger partial charge in [-0.05, 0) is 31.1 Å². The first kappa shape index (κ1) is 13.8. The van der Waals surface area contributed by atoms with E-state index in [-0.39, 0.29) is 5.92 Å². The average molecular weight is 268 g/mol. The summed E-state index contributed by atoms with van der Waals surface area (Å²) in [5.41, 5.74) is 0. The van der Waals surface area contributed by atoms with Crippen LogP contribution in [0.15, 0.2) is 11.7 Å². The van der Waals surface area contributed by atoms with Gasteiger partial charge in [0.15, 0.2) is 0 Å². The Morgan fingerprint density at radius 1 is 0.833 bits per heavy atom. The third kappa shape index (κ3) is 2.86. The normalized spacial score (nSPS) is 34.8. The summed E-state index contributed by atoms with van der Waals surface area (Å²) < 4.78 is 62.8. The van der Waals surface area contributed by atoms with Crippen molar-refractivity contribution >= 4 is 0 Å². The van der Waals surface area contributed by atoms with Gasteiger partial charge >= 0.3 is 6.18 Å². The molecule has 3 atom stereocenters. The molecule has 5 heteroatoms. The second-order valence-corrected chi connectivity index (χ2v) is 5.47. The van der Waals surface area contributed by atoms with Crippen LogP contribution in [0.2, 0.25) is 0 Å². The summed E-state index contributed by atoms with van der Waals surface area (Å²) >= 11 is 0. The molecule has 2 aliphatic rings. The summed E-state index contributed by atoms with van der Waals surface area (Å²) in [6, 6.07) is 0. The Hall–Kier alpha value is -0.610. The van der Waals surface area contributed by atoms with E-state index in [9.17, 15) is 22.0 Å². The molecule has 0 amide bonds. The molecule has 104 valence electrons. The summed E-state index contributed by atoms with van der Waals surface area (Å²) in [7, 11) is 0. The van der Waals surface area contributed by atoms with Gasteiger partial charge < -0.3 is 0 Å². The van der Waals surface area contributed by atoms with Gasteiger partial charge in [-0.3, -0.25) is 0 Å². The van der Waals surface area contributed by atoms with Crippen molar-refractivity contribution in [3.05, 3.63) is 11.7 Å². The topological polar surface area (TPSA) is 0 Å². The van der Waals surface area contributed by atoms with Crippen LogP contribution in [0.3, 0.4) is 0 Å². The molecule has 2 fully saturated rings. The van der Waals surface area contributed by atoms with Crippen LogP contribution in [0.4, 0.5) is 22.0 Å². The fourth-order valence-electron chi connectivity index (χ4n) is 3.42. The second kappa shape index (κ2) is 5.17. The molecular weight excluding hydrogens is 251 g/mol. The summed E-state index contributed by atoms with van der Waals surface area (Å²) in [6.07, 6.45) is 0.506. The fraction of sp³-hybridized carbons (Fsp3) is 0.846. The van der Waals surface area contributed by atoms with Gasteiger partial charge in [0.25, 0.3) is 0 Å². The van der Waals surface area contributed by atoms with Crippen molar-refractivity contribution in [3.63, 3.8) is 0 Å². The molecule has 0 aromatic heterocycles. The summed E-state index contributed by atoms with van der Waals surface area (Å²) in [5, 5.41) is 0. The summed E-state index contributed by atoms with van der Waals surface area (Å²) in [6.45, 7) is 0. The van der Waals surface area contributed by atoms with E-state index >= 15 is 0 Å². The zero-order valence-electron chi connectivity index (χ0n) is 10.1. The van der Waals surface area contributed by atoms with Crippen LogP contribution in [0, 0.1) is 17.8 Å². The van der Waals surface area contributed by atoms with Crippen molar-refractivity contribution < 1.29 is 22.0 Å². The lowest BCUT2D eigenvalue weighted by molar-refractivity contribution is -0.112. The monoisotopic (exact) mass is 268 g/mol. The van der Waals surface area contributed by atoms with Gasteiger partial charge in [0.05, 0.1) is 0 Å². The van der Waals surface area contributed by atoms with Crippen molar-refractivity contribution in [3.8, 4) is 0 Å². The van der Waals surface area contributed by atoms with Gasteiger partial charge in [-0.25, -0.2) is 4.39 Å². The molecule has 0 aliphatic heterocycles. The molecule has 0 nitrogen and oxygen atoms in total. The lowest BCUT2D eigenvalue weighted by Gasteiger charge is -2.38. The van der Waals surface area contributed by atoms with Crippen LogP contribution in [0.25, 0.3) is 0 Å². The van der Waals surface area contributed by atoms with Crippen LogP contribution >= 0.6 is 0 Å². The average Bonchev–Trinajstić information content (AvgIpc) is 2.35. The van der Waals surface area contributed by atoms with E-state index in [0.29, 0.717) is 18.8 Å². The van der Waals surface area contributed by atoms with Crippen molar-refractivity contribution in [2.24, 2.45) is 17.8 Å². The molecular formula is C13H17F5. The lowest BCUT2D eigenvalue weighted by Crippen LogP contribution is -2.28. The molecule has 0 radical (unpaired) electrons. The quantitative estimate of drug-likeness (QED) is 0.566. The molecule has 0 bridgehead atoms. The van der Waals surface area contributed by atoms with E-state index < -0.39 is 23.7 Å². The zero-order chi connectivity index (χ0) is 13.3. The lowest BCUT2D eigenvalue weighted by atomic mass is 9.67. The third-order valence-corrected chi connectivity index (χ3v) is 4.36. The van der Waals surface area contributed by atoms with Gasteiger partial charge in [-0.2, -0.15) is 17.6 Å². The third-order valence-electron chi connectivity index (χ3n) is 4.36. The molecule has 18 heavy (non-hydrogen) atoms. The van der Waals surface area contributed by atoms with E-state index in [0.717, 1.165) is 32.1 Å². The Morgan fingerprint density at radius 3 is 2.06 bits per heavy atom. The highest BCUT2D eigenvalue weighted by Crippen LogP contribution is 2.46. The van der Waals surface area contributed by atoms with Crippen LogP contribution in [0.1, 0.15) is 44.9 Å². The SMILES string of the molecule is F/C(=C(\F)C(F)(F)F)[C@H]1CC[C@@H]2CCCC[C@@H]2C1. The minimum atomic E-state index is -5.19. The molecule has 0 spiro atoms. The Kier molecular flexibility index (Phi) is 3.97. The standard InChI is InChI=1S/C13H17F5/c14-11(12(15)13(16,17)18)10-6-5-8-3-1-2-4-9(8)7-10/h8-10H,1-7H2/b12-11-/t8-,9+,10-/m0/s1. The van der Waals surface area contributed by atoms with Gasteiger partial charge in [0, 0.05) is 5.92 Å². The van der Waals surface area contributed by atoms with Crippen molar-refractivity contribution in [1.82, 2.24) is 0 Å². The van der Waals surface area contributed by atoms with Gasteiger partial charge in [-0.15, -0.1) is 0 Å². The smallest absolute Gasteiger partial charge is 0.208 e. The highest BCUT2D eigenvalue weighted by Gasteiger charge is 2.42. The highest BCUT2D eigenvalue weighted by molar-refractivity contribution is 5.10. The maximum absolute atomic E-state index is 13.5. The first-order valence-electron chi connectivity index (χ1n) is 6.52. The minimum absolute atomic E-state index is 0.282. The minimum Gasteiger partial charge on any atom is -0.208 e. The van der Waals surface area contributed by atoms with Crippen LogP contribution < -0.4 is 0 Å². The van der Waals surface area contributed by atoms with Crippen LogP contribution in [-0.2, 0) is 0 Å². The summed E-state index contributed by atoms with van der Waals surface area (Å²) in [4.78, 5) is 0. The van der Waals surface area contributed by atoms with E-state index in [1.54, 1.807) is 0 Å².